The first-order valence-corrected chi connectivity index (χ1v) is 8.32. The molecular formula is C14H27NO2S. The van der Waals surface area contributed by atoms with Crippen LogP contribution in [0.25, 0.3) is 0 Å². The maximum Gasteiger partial charge on any atom is 0.0702 e. The lowest BCUT2D eigenvalue weighted by atomic mass is 9.73. The quantitative estimate of drug-likeness (QED) is 0.822. The third-order valence-electron chi connectivity index (χ3n) is 4.66. The smallest absolute Gasteiger partial charge is 0.0702 e. The van der Waals surface area contributed by atoms with Crippen LogP contribution in [0.3, 0.4) is 0 Å². The Balaban J connectivity index is 1.96. The van der Waals surface area contributed by atoms with Gasteiger partial charge in [0.1, 0.15) is 0 Å². The molecule has 2 N–H and O–H groups in total. The van der Waals surface area contributed by atoms with Gasteiger partial charge >= 0.3 is 0 Å². The van der Waals surface area contributed by atoms with E-state index < -0.39 is 5.60 Å². The predicted molar refractivity (Wildman–Crippen MR) is 77.1 cm³/mol. The molecule has 2 atom stereocenters. The van der Waals surface area contributed by atoms with Crippen molar-refractivity contribution in [1.29, 1.82) is 0 Å². The van der Waals surface area contributed by atoms with Gasteiger partial charge in [-0.05, 0) is 70.0 Å². The zero-order valence-electron chi connectivity index (χ0n) is 11.7. The minimum absolute atomic E-state index is 0.0812. The largest absolute Gasteiger partial charge is 0.390 e. The number of hydrogen-bond donors (Lipinski definition) is 2. The van der Waals surface area contributed by atoms with Crippen molar-refractivity contribution in [1.82, 2.24) is 5.32 Å². The fourth-order valence-corrected chi connectivity index (χ4v) is 4.47. The Morgan fingerprint density at radius 2 is 2.17 bits per heavy atom. The molecule has 0 aromatic rings. The average Bonchev–Trinajstić information content (AvgIpc) is 2.37. The fourth-order valence-electron chi connectivity index (χ4n) is 3.23. The minimum atomic E-state index is -0.551. The third-order valence-corrected chi connectivity index (χ3v) is 5.64. The highest BCUT2D eigenvalue weighted by atomic mass is 32.2. The maximum atomic E-state index is 10.7. The summed E-state index contributed by atoms with van der Waals surface area (Å²) in [6, 6.07) is 0. The van der Waals surface area contributed by atoms with Gasteiger partial charge in [-0.3, -0.25) is 0 Å². The van der Waals surface area contributed by atoms with Crippen LogP contribution in [0.2, 0.25) is 0 Å². The first-order valence-electron chi connectivity index (χ1n) is 7.17. The molecule has 2 aliphatic heterocycles. The van der Waals surface area contributed by atoms with Crippen molar-refractivity contribution in [2.24, 2.45) is 5.92 Å². The SMILES string of the molecule is CNCCC(C)(O)C1CCOC2(CCSCC2)C1. The Morgan fingerprint density at radius 3 is 2.83 bits per heavy atom. The van der Waals surface area contributed by atoms with E-state index in [0.29, 0.717) is 5.92 Å². The maximum absolute atomic E-state index is 10.7. The number of nitrogens with one attached hydrogen (secondary N) is 1. The van der Waals surface area contributed by atoms with E-state index >= 15 is 0 Å². The summed E-state index contributed by atoms with van der Waals surface area (Å²) in [4.78, 5) is 0. The van der Waals surface area contributed by atoms with E-state index in [9.17, 15) is 5.11 Å². The summed E-state index contributed by atoms with van der Waals surface area (Å²) >= 11 is 2.03. The lowest BCUT2D eigenvalue weighted by molar-refractivity contribution is -0.143. The van der Waals surface area contributed by atoms with Crippen LogP contribution in [0.4, 0.5) is 0 Å². The molecule has 2 heterocycles. The van der Waals surface area contributed by atoms with Crippen molar-refractivity contribution < 1.29 is 9.84 Å². The standard InChI is InChI=1S/C14H27NO2S/c1-13(16,4-7-15-2)12-3-8-17-14(11-12)5-9-18-10-6-14/h12,15-16H,3-11H2,1-2H3. The van der Waals surface area contributed by atoms with Gasteiger partial charge in [-0.15, -0.1) is 0 Å². The van der Waals surface area contributed by atoms with Gasteiger partial charge in [-0.1, -0.05) is 0 Å². The van der Waals surface area contributed by atoms with Gasteiger partial charge in [-0.25, -0.2) is 0 Å². The Morgan fingerprint density at radius 1 is 1.44 bits per heavy atom. The van der Waals surface area contributed by atoms with Crippen LogP contribution in [0.15, 0.2) is 0 Å². The van der Waals surface area contributed by atoms with Crippen molar-refractivity contribution in [2.45, 2.75) is 50.2 Å². The van der Waals surface area contributed by atoms with Crippen LogP contribution < -0.4 is 5.32 Å². The minimum Gasteiger partial charge on any atom is -0.390 e. The van der Waals surface area contributed by atoms with E-state index in [1.54, 1.807) is 0 Å². The lowest BCUT2D eigenvalue weighted by Crippen LogP contribution is -2.49. The number of aliphatic hydroxyl groups is 1. The van der Waals surface area contributed by atoms with Crippen molar-refractivity contribution in [3.63, 3.8) is 0 Å². The molecule has 2 saturated heterocycles. The summed E-state index contributed by atoms with van der Waals surface area (Å²) < 4.78 is 6.10. The Hall–Kier alpha value is 0.230. The highest BCUT2D eigenvalue weighted by Gasteiger charge is 2.44. The normalized spacial score (nSPS) is 31.2. The van der Waals surface area contributed by atoms with Crippen LogP contribution in [0.1, 0.15) is 39.0 Å². The first-order chi connectivity index (χ1) is 8.58. The molecule has 4 heteroatoms. The molecule has 0 bridgehead atoms. The molecule has 1 spiro atoms. The summed E-state index contributed by atoms with van der Waals surface area (Å²) in [6.45, 7) is 3.71. The van der Waals surface area contributed by atoms with Crippen LogP contribution in [0, 0.1) is 5.92 Å². The molecule has 0 aliphatic carbocycles. The van der Waals surface area contributed by atoms with E-state index in [-0.39, 0.29) is 5.60 Å². The van der Waals surface area contributed by atoms with Crippen LogP contribution in [0.5, 0.6) is 0 Å². The molecule has 106 valence electrons. The van der Waals surface area contributed by atoms with Gasteiger partial charge in [-0.2, -0.15) is 11.8 Å². The zero-order valence-corrected chi connectivity index (χ0v) is 12.5. The molecule has 0 amide bonds. The van der Waals surface area contributed by atoms with E-state index in [0.717, 1.165) is 45.3 Å². The topological polar surface area (TPSA) is 41.5 Å². The molecule has 2 aliphatic rings. The molecule has 0 saturated carbocycles. The summed E-state index contributed by atoms with van der Waals surface area (Å²) in [5.74, 6) is 2.82. The Bertz CT molecular complexity index is 259. The van der Waals surface area contributed by atoms with Crippen LogP contribution in [-0.4, -0.2) is 48.0 Å². The van der Waals surface area contributed by atoms with E-state index in [1.807, 2.05) is 25.7 Å². The van der Waals surface area contributed by atoms with Crippen LogP contribution >= 0.6 is 11.8 Å². The second-order valence-corrected chi connectivity index (χ2v) is 7.27. The number of ether oxygens (including phenoxy) is 1. The Kier molecular flexibility index (Phi) is 4.98. The van der Waals surface area contributed by atoms with Crippen molar-refractivity contribution >= 4 is 11.8 Å². The van der Waals surface area contributed by atoms with E-state index in [1.165, 1.54) is 11.5 Å². The van der Waals surface area contributed by atoms with Crippen molar-refractivity contribution in [2.75, 3.05) is 31.7 Å². The first kappa shape index (κ1) is 14.6. The average molecular weight is 273 g/mol. The van der Waals surface area contributed by atoms with Crippen molar-refractivity contribution in [3.05, 3.63) is 0 Å². The molecule has 2 rings (SSSR count). The monoisotopic (exact) mass is 273 g/mol. The predicted octanol–water partition coefficient (Wildman–Crippen LogP) is 2.04. The summed E-state index contributed by atoms with van der Waals surface area (Å²) in [5, 5.41) is 13.8. The zero-order chi connectivity index (χ0) is 13.1. The highest BCUT2D eigenvalue weighted by molar-refractivity contribution is 7.99. The van der Waals surface area contributed by atoms with Gasteiger partial charge in [0.15, 0.2) is 0 Å². The van der Waals surface area contributed by atoms with E-state index in [4.69, 9.17) is 4.74 Å². The van der Waals surface area contributed by atoms with Gasteiger partial charge < -0.3 is 15.2 Å². The molecule has 18 heavy (non-hydrogen) atoms. The van der Waals surface area contributed by atoms with Crippen molar-refractivity contribution in [3.8, 4) is 0 Å². The molecule has 2 fully saturated rings. The molecule has 2 unspecified atom stereocenters. The van der Waals surface area contributed by atoms with Gasteiger partial charge in [0, 0.05) is 6.61 Å². The van der Waals surface area contributed by atoms with E-state index in [2.05, 4.69) is 5.32 Å². The lowest BCUT2D eigenvalue weighted by Gasteiger charge is -2.47. The Labute approximate surface area is 115 Å². The van der Waals surface area contributed by atoms with Gasteiger partial charge in [0.25, 0.3) is 0 Å². The molecule has 0 aromatic carbocycles. The third kappa shape index (κ3) is 3.41. The molecular weight excluding hydrogens is 246 g/mol. The number of thioether (sulfide) groups is 1. The van der Waals surface area contributed by atoms with Gasteiger partial charge in [0.05, 0.1) is 11.2 Å². The summed E-state index contributed by atoms with van der Waals surface area (Å²) in [5.41, 5.74) is -0.470. The second-order valence-electron chi connectivity index (χ2n) is 6.04. The van der Waals surface area contributed by atoms with Crippen LogP contribution in [-0.2, 0) is 4.74 Å². The fraction of sp³-hybridized carbons (Fsp3) is 1.00. The molecule has 0 radical (unpaired) electrons. The summed E-state index contributed by atoms with van der Waals surface area (Å²) in [6.07, 6.45) is 5.21. The number of rotatable bonds is 4. The highest BCUT2D eigenvalue weighted by Crippen LogP contribution is 2.43. The molecule has 3 nitrogen and oxygen atoms in total. The number of hydrogen-bond acceptors (Lipinski definition) is 4. The summed E-state index contributed by atoms with van der Waals surface area (Å²) in [7, 11) is 1.94. The second kappa shape index (κ2) is 6.12. The van der Waals surface area contributed by atoms with Gasteiger partial charge in [0.2, 0.25) is 0 Å². The molecule has 0 aromatic heterocycles.